The Morgan fingerprint density at radius 3 is 2.71 bits per heavy atom. The van der Waals surface area contributed by atoms with Crippen LogP contribution in [0.1, 0.15) is 13.3 Å². The molecular formula is C19H16FNO2S. The molecule has 2 aromatic carbocycles. The van der Waals surface area contributed by atoms with Gasteiger partial charge >= 0.3 is 5.97 Å². The summed E-state index contributed by atoms with van der Waals surface area (Å²) in [4.78, 5) is 16.5. The van der Waals surface area contributed by atoms with Gasteiger partial charge in [0.15, 0.2) is 0 Å². The van der Waals surface area contributed by atoms with Crippen molar-refractivity contribution in [1.82, 2.24) is 4.98 Å². The lowest BCUT2D eigenvalue weighted by Gasteiger charge is -2.12. The molecule has 0 aliphatic rings. The van der Waals surface area contributed by atoms with Gasteiger partial charge in [0.25, 0.3) is 0 Å². The first-order chi connectivity index (χ1) is 11.6. The van der Waals surface area contributed by atoms with Gasteiger partial charge in [0.05, 0.1) is 5.52 Å². The number of halogens is 1. The van der Waals surface area contributed by atoms with Crippen molar-refractivity contribution in [2.45, 2.75) is 23.5 Å². The highest BCUT2D eigenvalue weighted by molar-refractivity contribution is 8.00. The van der Waals surface area contributed by atoms with Crippen molar-refractivity contribution in [1.29, 1.82) is 0 Å². The number of hydrogen-bond acceptors (Lipinski definition) is 3. The molecule has 122 valence electrons. The topological polar surface area (TPSA) is 50.2 Å². The molecular weight excluding hydrogens is 325 g/mol. The number of carbonyl (C=O) groups is 1. The average Bonchev–Trinajstić information content (AvgIpc) is 2.59. The lowest BCUT2D eigenvalue weighted by atomic mass is 10.0. The molecule has 0 saturated carbocycles. The average molecular weight is 341 g/mol. The van der Waals surface area contributed by atoms with E-state index in [-0.39, 0.29) is 5.82 Å². The molecule has 3 nitrogen and oxygen atoms in total. The van der Waals surface area contributed by atoms with Crippen molar-refractivity contribution in [2.24, 2.45) is 0 Å². The summed E-state index contributed by atoms with van der Waals surface area (Å²) >= 11 is 1.32. The van der Waals surface area contributed by atoms with E-state index in [0.717, 1.165) is 26.9 Å². The van der Waals surface area contributed by atoms with E-state index in [9.17, 15) is 14.3 Å². The van der Waals surface area contributed by atoms with Gasteiger partial charge in [0.2, 0.25) is 0 Å². The minimum atomic E-state index is -0.825. The summed E-state index contributed by atoms with van der Waals surface area (Å²) in [5.41, 5.74) is 2.45. The molecule has 0 bridgehead atoms. The van der Waals surface area contributed by atoms with Crippen LogP contribution in [0.3, 0.4) is 0 Å². The number of aromatic nitrogens is 1. The molecule has 3 aromatic rings. The Morgan fingerprint density at radius 1 is 1.21 bits per heavy atom. The number of carboxylic acids is 1. The number of hydrogen-bond donors (Lipinski definition) is 1. The van der Waals surface area contributed by atoms with Gasteiger partial charge < -0.3 is 5.11 Å². The standard InChI is InChI=1S/C19H16FNO2S/c1-2-17(19(22)23)24-18-8-9-21-16-7-6-13(11-15(16)18)12-4-3-5-14(20)10-12/h3-11,17H,2H2,1H3,(H,22,23). The second kappa shape index (κ2) is 7.01. The number of pyridine rings is 1. The predicted octanol–water partition coefficient (Wildman–Crippen LogP) is 5.00. The van der Waals surface area contributed by atoms with Crippen molar-refractivity contribution < 1.29 is 14.3 Å². The summed E-state index contributed by atoms with van der Waals surface area (Å²) in [6.07, 6.45) is 2.22. The molecule has 24 heavy (non-hydrogen) atoms. The van der Waals surface area contributed by atoms with Gasteiger partial charge in [-0.3, -0.25) is 9.78 Å². The van der Waals surface area contributed by atoms with E-state index in [1.54, 1.807) is 12.3 Å². The molecule has 0 amide bonds. The zero-order valence-corrected chi connectivity index (χ0v) is 13.9. The number of thioether (sulfide) groups is 1. The van der Waals surface area contributed by atoms with E-state index >= 15 is 0 Å². The number of aliphatic carboxylic acids is 1. The fraction of sp³-hybridized carbons (Fsp3) is 0.158. The fourth-order valence-corrected chi connectivity index (χ4v) is 3.54. The Balaban J connectivity index is 2.07. The zero-order chi connectivity index (χ0) is 17.1. The number of rotatable bonds is 5. The summed E-state index contributed by atoms with van der Waals surface area (Å²) < 4.78 is 13.5. The molecule has 0 fully saturated rings. The lowest BCUT2D eigenvalue weighted by molar-refractivity contribution is -0.136. The van der Waals surface area contributed by atoms with Crippen molar-refractivity contribution in [3.63, 3.8) is 0 Å². The highest BCUT2D eigenvalue weighted by Crippen LogP contribution is 2.33. The van der Waals surface area contributed by atoms with Crippen LogP contribution in [-0.2, 0) is 4.79 Å². The van der Waals surface area contributed by atoms with Crippen LogP contribution < -0.4 is 0 Å². The van der Waals surface area contributed by atoms with E-state index in [0.29, 0.717) is 6.42 Å². The second-order valence-electron chi connectivity index (χ2n) is 5.40. The van der Waals surface area contributed by atoms with Crippen LogP contribution >= 0.6 is 11.8 Å². The Labute approximate surface area is 143 Å². The third-order valence-corrected chi connectivity index (χ3v) is 5.20. The molecule has 1 unspecified atom stereocenters. The first-order valence-electron chi connectivity index (χ1n) is 7.62. The van der Waals surface area contributed by atoms with Gasteiger partial charge in [0, 0.05) is 16.5 Å². The van der Waals surface area contributed by atoms with Crippen LogP contribution in [0.15, 0.2) is 59.6 Å². The van der Waals surface area contributed by atoms with Crippen LogP contribution in [0.25, 0.3) is 22.0 Å². The van der Waals surface area contributed by atoms with Gasteiger partial charge in [-0.1, -0.05) is 25.1 Å². The van der Waals surface area contributed by atoms with Crippen molar-refractivity contribution in [2.75, 3.05) is 0 Å². The van der Waals surface area contributed by atoms with Crippen molar-refractivity contribution >= 4 is 28.6 Å². The molecule has 1 N–H and O–H groups in total. The monoisotopic (exact) mass is 341 g/mol. The highest BCUT2D eigenvalue weighted by atomic mass is 32.2. The zero-order valence-electron chi connectivity index (χ0n) is 13.1. The third-order valence-electron chi connectivity index (χ3n) is 3.77. The van der Waals surface area contributed by atoms with E-state index in [1.165, 1.54) is 23.9 Å². The Morgan fingerprint density at radius 2 is 2.00 bits per heavy atom. The molecule has 0 aliphatic heterocycles. The normalized spacial score (nSPS) is 12.2. The van der Waals surface area contributed by atoms with Crippen LogP contribution in [0.2, 0.25) is 0 Å². The Hall–Kier alpha value is -2.40. The quantitative estimate of drug-likeness (QED) is 0.664. The van der Waals surface area contributed by atoms with Gasteiger partial charge in [0.1, 0.15) is 11.1 Å². The van der Waals surface area contributed by atoms with Crippen LogP contribution in [0.5, 0.6) is 0 Å². The van der Waals surface area contributed by atoms with Crippen LogP contribution in [-0.4, -0.2) is 21.3 Å². The number of carboxylic acid groups (broad SMARTS) is 1. The minimum absolute atomic E-state index is 0.287. The molecule has 5 heteroatoms. The first kappa shape index (κ1) is 16.5. The number of fused-ring (bicyclic) bond motifs is 1. The summed E-state index contributed by atoms with van der Waals surface area (Å²) in [6.45, 7) is 1.85. The van der Waals surface area contributed by atoms with Crippen LogP contribution in [0, 0.1) is 5.82 Å². The largest absolute Gasteiger partial charge is 0.480 e. The van der Waals surface area contributed by atoms with E-state index in [1.807, 2.05) is 37.3 Å². The molecule has 0 radical (unpaired) electrons. The molecule has 3 rings (SSSR count). The Kier molecular flexibility index (Phi) is 4.81. The fourth-order valence-electron chi connectivity index (χ4n) is 2.53. The Bertz CT molecular complexity index is 897. The van der Waals surface area contributed by atoms with Crippen molar-refractivity contribution in [3.05, 3.63) is 60.5 Å². The predicted molar refractivity (Wildman–Crippen MR) is 94.7 cm³/mol. The molecule has 1 atom stereocenters. The summed E-state index contributed by atoms with van der Waals surface area (Å²) in [5.74, 6) is -1.11. The number of benzene rings is 2. The van der Waals surface area contributed by atoms with Gasteiger partial charge in [-0.2, -0.15) is 0 Å². The second-order valence-corrected chi connectivity index (χ2v) is 6.65. The maximum absolute atomic E-state index is 13.5. The molecule has 1 heterocycles. The summed E-state index contributed by atoms with van der Waals surface area (Å²) in [6, 6.07) is 13.9. The maximum Gasteiger partial charge on any atom is 0.316 e. The van der Waals surface area contributed by atoms with Crippen LogP contribution in [0.4, 0.5) is 4.39 Å². The first-order valence-corrected chi connectivity index (χ1v) is 8.50. The molecule has 0 saturated heterocycles. The minimum Gasteiger partial charge on any atom is -0.480 e. The highest BCUT2D eigenvalue weighted by Gasteiger charge is 2.18. The van der Waals surface area contributed by atoms with Crippen molar-refractivity contribution in [3.8, 4) is 11.1 Å². The smallest absolute Gasteiger partial charge is 0.316 e. The maximum atomic E-state index is 13.5. The summed E-state index contributed by atoms with van der Waals surface area (Å²) in [5, 5.41) is 9.66. The molecule has 1 aromatic heterocycles. The molecule has 0 spiro atoms. The van der Waals surface area contributed by atoms with E-state index < -0.39 is 11.2 Å². The SMILES string of the molecule is CCC(Sc1ccnc2ccc(-c3cccc(F)c3)cc12)C(=O)O. The van der Waals surface area contributed by atoms with E-state index in [2.05, 4.69) is 4.98 Å². The van der Waals surface area contributed by atoms with Gasteiger partial charge in [-0.25, -0.2) is 4.39 Å². The molecule has 0 aliphatic carbocycles. The van der Waals surface area contributed by atoms with Gasteiger partial charge in [-0.05, 0) is 47.9 Å². The summed E-state index contributed by atoms with van der Waals surface area (Å²) in [7, 11) is 0. The van der Waals surface area contributed by atoms with Gasteiger partial charge in [-0.15, -0.1) is 11.8 Å². The third kappa shape index (κ3) is 3.41. The number of nitrogens with zero attached hydrogens (tertiary/aromatic N) is 1. The lowest BCUT2D eigenvalue weighted by Crippen LogP contribution is -2.14. The van der Waals surface area contributed by atoms with E-state index in [4.69, 9.17) is 0 Å².